The Bertz CT molecular complexity index is 1190. The number of sulfone groups is 1. The topological polar surface area (TPSA) is 54.5 Å². The summed E-state index contributed by atoms with van der Waals surface area (Å²) in [6, 6.07) is 21.7. The van der Waals surface area contributed by atoms with Crippen LogP contribution in [0.3, 0.4) is 0 Å². The summed E-state index contributed by atoms with van der Waals surface area (Å²) >= 11 is 0. The van der Waals surface area contributed by atoms with E-state index in [1.54, 1.807) is 17.1 Å². The van der Waals surface area contributed by atoms with Gasteiger partial charge in [0.05, 0.1) is 11.5 Å². The fourth-order valence-electron chi connectivity index (χ4n) is 3.96. The van der Waals surface area contributed by atoms with Gasteiger partial charge in [0.15, 0.2) is 9.84 Å². The second-order valence-electron chi connectivity index (χ2n) is 7.91. The van der Waals surface area contributed by atoms with Crippen molar-refractivity contribution in [2.24, 2.45) is 0 Å². The van der Waals surface area contributed by atoms with Crippen LogP contribution in [0, 0.1) is 6.92 Å². The standard InChI is InChI=1S/C25H25NO3S/c1-19-9-11-20(12-10-19)13-14-25(27)26(23-15-16-30(28,29)18-23)17-22-7-4-6-21-5-2-3-8-24(21)22/h2-14,23H,15-18H2,1H3/b14-13+/t23-/m0/s1. The Morgan fingerprint density at radius 3 is 2.50 bits per heavy atom. The molecule has 0 aromatic heterocycles. The first-order valence-corrected chi connectivity index (χ1v) is 12.0. The summed E-state index contributed by atoms with van der Waals surface area (Å²) in [6.45, 7) is 2.41. The van der Waals surface area contributed by atoms with Crippen LogP contribution in [0.4, 0.5) is 0 Å². The van der Waals surface area contributed by atoms with Crippen molar-refractivity contribution in [3.05, 3.63) is 89.5 Å². The lowest BCUT2D eigenvalue weighted by atomic mass is 10.0. The molecule has 1 aliphatic heterocycles. The molecule has 0 radical (unpaired) electrons. The predicted molar refractivity (Wildman–Crippen MR) is 122 cm³/mol. The van der Waals surface area contributed by atoms with Crippen molar-refractivity contribution in [3.8, 4) is 0 Å². The highest BCUT2D eigenvalue weighted by molar-refractivity contribution is 7.91. The number of aryl methyl sites for hydroxylation is 1. The van der Waals surface area contributed by atoms with E-state index in [0.29, 0.717) is 13.0 Å². The Morgan fingerprint density at radius 1 is 1.03 bits per heavy atom. The van der Waals surface area contributed by atoms with Crippen molar-refractivity contribution < 1.29 is 13.2 Å². The lowest BCUT2D eigenvalue weighted by Crippen LogP contribution is -2.39. The molecule has 0 spiro atoms. The zero-order chi connectivity index (χ0) is 21.1. The molecule has 3 aromatic rings. The molecule has 1 amide bonds. The van der Waals surface area contributed by atoms with Crippen LogP contribution in [0.5, 0.6) is 0 Å². The minimum absolute atomic E-state index is 0.0296. The van der Waals surface area contributed by atoms with Gasteiger partial charge in [-0.3, -0.25) is 4.79 Å². The van der Waals surface area contributed by atoms with Gasteiger partial charge in [-0.1, -0.05) is 72.3 Å². The smallest absolute Gasteiger partial charge is 0.247 e. The van der Waals surface area contributed by atoms with Gasteiger partial charge in [-0.25, -0.2) is 8.42 Å². The molecule has 1 saturated heterocycles. The van der Waals surface area contributed by atoms with Crippen LogP contribution in [0.25, 0.3) is 16.8 Å². The van der Waals surface area contributed by atoms with Gasteiger partial charge in [0.25, 0.3) is 0 Å². The molecule has 0 aliphatic carbocycles. The number of fused-ring (bicyclic) bond motifs is 1. The lowest BCUT2D eigenvalue weighted by Gasteiger charge is -2.28. The summed E-state index contributed by atoms with van der Waals surface area (Å²) in [6.07, 6.45) is 3.83. The van der Waals surface area contributed by atoms with Crippen LogP contribution in [-0.2, 0) is 21.2 Å². The van der Waals surface area contributed by atoms with Gasteiger partial charge in [-0.15, -0.1) is 0 Å². The molecule has 0 bridgehead atoms. The van der Waals surface area contributed by atoms with Gasteiger partial charge in [0, 0.05) is 18.7 Å². The molecular formula is C25H25NO3S. The number of amides is 1. The molecule has 30 heavy (non-hydrogen) atoms. The van der Waals surface area contributed by atoms with Crippen LogP contribution in [0.2, 0.25) is 0 Å². The molecule has 0 N–H and O–H groups in total. The summed E-state index contributed by atoms with van der Waals surface area (Å²) in [5.41, 5.74) is 3.12. The summed E-state index contributed by atoms with van der Waals surface area (Å²) in [5, 5.41) is 2.19. The van der Waals surface area contributed by atoms with Crippen molar-refractivity contribution in [3.63, 3.8) is 0 Å². The van der Waals surface area contributed by atoms with E-state index in [4.69, 9.17) is 0 Å². The van der Waals surface area contributed by atoms with Gasteiger partial charge >= 0.3 is 0 Å². The molecule has 1 aliphatic rings. The largest absolute Gasteiger partial charge is 0.331 e. The molecule has 5 heteroatoms. The third kappa shape index (κ3) is 4.62. The first-order chi connectivity index (χ1) is 14.4. The third-order valence-corrected chi connectivity index (χ3v) is 7.40. The third-order valence-electron chi connectivity index (χ3n) is 5.65. The maximum Gasteiger partial charge on any atom is 0.247 e. The van der Waals surface area contributed by atoms with Crippen LogP contribution >= 0.6 is 0 Å². The van der Waals surface area contributed by atoms with Gasteiger partial charge in [0.2, 0.25) is 5.91 Å². The number of nitrogens with zero attached hydrogens (tertiary/aromatic N) is 1. The normalized spacial score (nSPS) is 18.1. The maximum atomic E-state index is 13.2. The van der Waals surface area contributed by atoms with E-state index in [-0.39, 0.29) is 23.5 Å². The second-order valence-corrected chi connectivity index (χ2v) is 10.1. The first-order valence-electron chi connectivity index (χ1n) is 10.1. The van der Waals surface area contributed by atoms with Crippen molar-refractivity contribution in [1.82, 2.24) is 4.90 Å². The van der Waals surface area contributed by atoms with Crippen LogP contribution in [-0.4, -0.2) is 36.8 Å². The monoisotopic (exact) mass is 419 g/mol. The van der Waals surface area contributed by atoms with E-state index in [1.165, 1.54) is 0 Å². The van der Waals surface area contributed by atoms with E-state index in [9.17, 15) is 13.2 Å². The maximum absolute atomic E-state index is 13.2. The SMILES string of the molecule is Cc1ccc(/C=C/C(=O)N(Cc2cccc3ccccc23)[C@H]2CCS(=O)(=O)C2)cc1. The van der Waals surface area contributed by atoms with Crippen LogP contribution in [0.1, 0.15) is 23.1 Å². The average molecular weight is 420 g/mol. The van der Waals surface area contributed by atoms with E-state index in [2.05, 4.69) is 0 Å². The van der Waals surface area contributed by atoms with Crippen molar-refractivity contribution in [1.29, 1.82) is 0 Å². The molecule has 4 nitrogen and oxygen atoms in total. The van der Waals surface area contributed by atoms with E-state index in [0.717, 1.165) is 27.5 Å². The molecule has 3 aromatic carbocycles. The number of carbonyl (C=O) groups excluding carboxylic acids is 1. The van der Waals surface area contributed by atoms with Gasteiger partial charge in [0.1, 0.15) is 0 Å². The summed E-state index contributed by atoms with van der Waals surface area (Å²) in [5.74, 6) is 0.00573. The van der Waals surface area contributed by atoms with Crippen molar-refractivity contribution in [2.75, 3.05) is 11.5 Å². The zero-order valence-corrected chi connectivity index (χ0v) is 17.8. The minimum Gasteiger partial charge on any atom is -0.331 e. The molecule has 1 fully saturated rings. The van der Waals surface area contributed by atoms with Gasteiger partial charge in [-0.2, -0.15) is 0 Å². The average Bonchev–Trinajstić information content (AvgIpc) is 3.10. The quantitative estimate of drug-likeness (QED) is 0.577. The second kappa shape index (κ2) is 8.44. The van der Waals surface area contributed by atoms with Crippen LogP contribution in [0.15, 0.2) is 72.8 Å². The molecule has 0 saturated carbocycles. The summed E-state index contributed by atoms with van der Waals surface area (Å²) in [7, 11) is -3.10. The van der Waals surface area contributed by atoms with E-state index >= 15 is 0 Å². The number of carbonyl (C=O) groups is 1. The fraction of sp³-hybridized carbons (Fsp3) is 0.240. The molecule has 154 valence electrons. The first kappa shape index (κ1) is 20.4. The summed E-state index contributed by atoms with van der Waals surface area (Å²) < 4.78 is 24.2. The van der Waals surface area contributed by atoms with E-state index in [1.807, 2.05) is 73.7 Å². The minimum atomic E-state index is -3.10. The van der Waals surface area contributed by atoms with E-state index < -0.39 is 9.84 Å². The van der Waals surface area contributed by atoms with Crippen molar-refractivity contribution >= 4 is 32.6 Å². The number of hydrogen-bond donors (Lipinski definition) is 0. The highest BCUT2D eigenvalue weighted by atomic mass is 32.2. The predicted octanol–water partition coefficient (Wildman–Crippen LogP) is 4.38. The highest BCUT2D eigenvalue weighted by Crippen LogP contribution is 2.25. The van der Waals surface area contributed by atoms with Gasteiger partial charge < -0.3 is 4.90 Å². The summed E-state index contributed by atoms with van der Waals surface area (Å²) in [4.78, 5) is 14.9. The van der Waals surface area contributed by atoms with Crippen molar-refractivity contribution in [2.45, 2.75) is 25.9 Å². The molecule has 4 rings (SSSR count). The Hall–Kier alpha value is -2.92. The number of rotatable bonds is 5. The Morgan fingerprint density at radius 2 is 1.77 bits per heavy atom. The lowest BCUT2D eigenvalue weighted by molar-refractivity contribution is -0.128. The Balaban J connectivity index is 1.64. The Kier molecular flexibility index (Phi) is 5.73. The highest BCUT2D eigenvalue weighted by Gasteiger charge is 2.34. The molecule has 1 heterocycles. The number of benzene rings is 3. The van der Waals surface area contributed by atoms with Gasteiger partial charge in [-0.05, 0) is 41.3 Å². The fourth-order valence-corrected chi connectivity index (χ4v) is 5.69. The molecule has 1 atom stereocenters. The molecular weight excluding hydrogens is 394 g/mol. The zero-order valence-electron chi connectivity index (χ0n) is 17.0. The number of hydrogen-bond acceptors (Lipinski definition) is 3. The van der Waals surface area contributed by atoms with Crippen LogP contribution < -0.4 is 0 Å². The molecule has 0 unspecified atom stereocenters. The Labute approximate surface area is 177 Å².